The lowest BCUT2D eigenvalue weighted by Crippen LogP contribution is -2.68. The number of aliphatic hydroxyl groups is 4. The number of benzene rings is 2. The topological polar surface area (TPSA) is 222 Å². The Morgan fingerprint density at radius 2 is 1.76 bits per heavy atom. The van der Waals surface area contributed by atoms with E-state index in [1.807, 2.05) is 0 Å². The molecular weight excluding hydrogens is 538 g/mol. The Balaban J connectivity index is 1.86. The van der Waals surface area contributed by atoms with Gasteiger partial charge in [0.25, 0.3) is 10.8 Å². The van der Waals surface area contributed by atoms with Crippen LogP contribution in [-0.4, -0.2) is 89.9 Å². The highest BCUT2D eigenvalue weighted by Crippen LogP contribution is 2.55. The van der Waals surface area contributed by atoms with Crippen molar-refractivity contribution >= 4 is 34.8 Å². The predicted molar refractivity (Wildman–Crippen MR) is 141 cm³/mol. The highest BCUT2D eigenvalue weighted by Gasteiger charge is 2.67. The minimum atomic E-state index is -3.06. The van der Waals surface area contributed by atoms with Crippen molar-refractivity contribution in [3.05, 3.63) is 86.7 Å². The second-order valence-corrected chi connectivity index (χ2v) is 10.4. The van der Waals surface area contributed by atoms with E-state index in [-0.39, 0.29) is 27.3 Å². The molecule has 0 saturated carbocycles. The fraction of sp³-hybridized carbons (Fsp3) is 0.250. The molecular formula is C28H26N3O10+. The molecule has 5 unspecified atom stereocenters. The summed E-state index contributed by atoms with van der Waals surface area (Å²) in [5, 5.41) is 66.2. The molecule has 0 spiro atoms. The average Bonchev–Trinajstić information content (AvgIpc) is 2.90. The number of aliphatic hydroxyl groups excluding tert-OH is 3. The molecule has 0 heterocycles. The second kappa shape index (κ2) is 9.37. The lowest BCUT2D eigenvalue weighted by Gasteiger charge is -2.52. The number of likely N-dealkylation sites (N-methyl/N-ethyl adjacent to an activating group) is 1. The van der Waals surface area contributed by atoms with Crippen LogP contribution in [0.25, 0.3) is 11.6 Å². The molecule has 0 bridgehead atoms. The fourth-order valence-corrected chi connectivity index (χ4v) is 6.23. The van der Waals surface area contributed by atoms with E-state index < -0.39 is 75.5 Å². The molecule has 0 aliphatic heterocycles. The third-order valence-corrected chi connectivity index (χ3v) is 7.94. The number of aromatic hydroxyl groups is 1. The van der Waals surface area contributed by atoms with Gasteiger partial charge in [-0.1, -0.05) is 30.3 Å². The number of amides is 1. The van der Waals surface area contributed by atoms with Gasteiger partial charge in [0.05, 0.1) is 34.1 Å². The number of ketones is 2. The maximum atomic E-state index is 13.8. The molecule has 8 N–H and O–H groups in total. The number of hydrogen-bond acceptors (Lipinski definition) is 10. The van der Waals surface area contributed by atoms with Crippen LogP contribution in [0.5, 0.6) is 5.75 Å². The molecule has 3 aliphatic rings. The molecule has 13 nitrogen and oxygen atoms in total. The van der Waals surface area contributed by atoms with Crippen LogP contribution >= 0.6 is 0 Å². The van der Waals surface area contributed by atoms with E-state index in [0.717, 1.165) is 0 Å². The maximum absolute atomic E-state index is 13.8. The van der Waals surface area contributed by atoms with Gasteiger partial charge in [0.15, 0.2) is 11.4 Å². The zero-order valence-electron chi connectivity index (χ0n) is 21.7. The van der Waals surface area contributed by atoms with Crippen LogP contribution in [0.15, 0.2) is 65.1 Å². The molecule has 0 fully saturated rings. The van der Waals surface area contributed by atoms with E-state index in [1.165, 1.54) is 61.5 Å². The third kappa shape index (κ3) is 3.78. The number of phenols is 1. The van der Waals surface area contributed by atoms with Crippen LogP contribution in [0.4, 0.5) is 5.69 Å². The van der Waals surface area contributed by atoms with Gasteiger partial charge < -0.3 is 31.3 Å². The Morgan fingerprint density at radius 1 is 1.10 bits per heavy atom. The van der Waals surface area contributed by atoms with Crippen LogP contribution in [-0.2, 0) is 9.59 Å². The molecule has 41 heavy (non-hydrogen) atoms. The smallest absolute Gasteiger partial charge is 0.317 e. The Morgan fingerprint density at radius 3 is 2.37 bits per heavy atom. The number of rotatable bonds is 4. The molecule has 3 aliphatic carbocycles. The van der Waals surface area contributed by atoms with Gasteiger partial charge in [0, 0.05) is 18.1 Å². The highest BCUT2D eigenvalue weighted by atomic mass is 16.6. The van der Waals surface area contributed by atoms with Crippen molar-refractivity contribution in [3.63, 3.8) is 0 Å². The summed E-state index contributed by atoms with van der Waals surface area (Å²) in [4.78, 5) is 51.9. The molecule has 2 aromatic carbocycles. The number of fused-ring (bicyclic) bond motifs is 3. The van der Waals surface area contributed by atoms with Gasteiger partial charge in [-0.05, 0) is 36.9 Å². The SMILES string of the molecule is CN(C)C1C(O)=C(C(N)=O)C(=O)C2(O)C(O)=C3C(=O)c4c(O)cccc4/C(=C\c4cccc([N+](=O)O)c4)C3C(O)C12. The Hall–Kier alpha value is -4.85. The summed E-state index contributed by atoms with van der Waals surface area (Å²) in [7, 11) is 2.87. The lowest BCUT2D eigenvalue weighted by molar-refractivity contribution is -0.729. The average molecular weight is 565 g/mol. The van der Waals surface area contributed by atoms with E-state index in [2.05, 4.69) is 0 Å². The van der Waals surface area contributed by atoms with Crippen molar-refractivity contribution in [1.29, 1.82) is 0 Å². The molecule has 0 radical (unpaired) electrons. The van der Waals surface area contributed by atoms with Crippen LogP contribution in [0.2, 0.25) is 0 Å². The van der Waals surface area contributed by atoms with Crippen LogP contribution in [0.3, 0.4) is 0 Å². The highest BCUT2D eigenvalue weighted by molar-refractivity contribution is 6.25. The van der Waals surface area contributed by atoms with Crippen molar-refractivity contribution in [3.8, 4) is 5.75 Å². The van der Waals surface area contributed by atoms with Crippen LogP contribution < -0.4 is 5.73 Å². The van der Waals surface area contributed by atoms with Gasteiger partial charge >= 0.3 is 5.69 Å². The molecule has 5 atom stereocenters. The Labute approximate surface area is 231 Å². The first-order chi connectivity index (χ1) is 19.2. The first kappa shape index (κ1) is 27.7. The second-order valence-electron chi connectivity index (χ2n) is 10.4. The van der Waals surface area contributed by atoms with Crippen molar-refractivity contribution < 1.29 is 50.0 Å². The van der Waals surface area contributed by atoms with E-state index in [1.54, 1.807) is 6.07 Å². The van der Waals surface area contributed by atoms with Crippen molar-refractivity contribution in [2.75, 3.05) is 14.1 Å². The zero-order chi connectivity index (χ0) is 30.1. The first-order valence-corrected chi connectivity index (χ1v) is 12.4. The quantitative estimate of drug-likeness (QED) is 0.204. The summed E-state index contributed by atoms with van der Waals surface area (Å²) in [6.07, 6.45) is -0.398. The van der Waals surface area contributed by atoms with E-state index in [9.17, 15) is 50.0 Å². The van der Waals surface area contributed by atoms with Gasteiger partial charge in [-0.15, -0.1) is 0 Å². The summed E-state index contributed by atoms with van der Waals surface area (Å²) >= 11 is 0. The molecule has 13 heteroatoms. The number of nitrogens with zero attached hydrogens (tertiary/aromatic N) is 2. The standard InChI is InChI=1S/C28H25N3O10/c1-30(2)21-20-23(34)17-14(10-11-5-3-6-12(9-11)31(40)41)13-7-4-8-15(32)16(13)22(33)18(17)25(36)28(20,39)26(37)19(24(21)35)27(29)38/h3-10,17,20-21,23,34,39H,1-2H3,(H5-,29,32,33,35,36,37,38,40,41)/p+1/b14-10+. The summed E-state index contributed by atoms with van der Waals surface area (Å²) in [5.74, 6) is -9.51. The maximum Gasteiger partial charge on any atom is 0.317 e. The summed E-state index contributed by atoms with van der Waals surface area (Å²) in [5.41, 5.74) is 0.839. The Bertz CT molecular complexity index is 1660. The van der Waals surface area contributed by atoms with E-state index >= 15 is 0 Å². The van der Waals surface area contributed by atoms with E-state index in [0.29, 0.717) is 5.56 Å². The van der Waals surface area contributed by atoms with Gasteiger partial charge in [0.1, 0.15) is 22.8 Å². The number of nitrogens with two attached hydrogens (primary N) is 1. The Kier molecular flexibility index (Phi) is 6.33. The first-order valence-electron chi connectivity index (χ1n) is 12.4. The third-order valence-electron chi connectivity index (χ3n) is 7.94. The monoisotopic (exact) mass is 564 g/mol. The molecule has 212 valence electrons. The van der Waals surface area contributed by atoms with Gasteiger partial charge in [-0.3, -0.25) is 19.3 Å². The number of carbonyl (C=O) groups is 3. The van der Waals surface area contributed by atoms with Crippen molar-refractivity contribution in [2.45, 2.75) is 17.7 Å². The van der Waals surface area contributed by atoms with Gasteiger partial charge in [-0.25, -0.2) is 5.21 Å². The largest absolute Gasteiger partial charge is 0.510 e. The molecule has 1 amide bonds. The van der Waals surface area contributed by atoms with Crippen LogP contribution in [0.1, 0.15) is 21.5 Å². The van der Waals surface area contributed by atoms with Crippen molar-refractivity contribution in [2.24, 2.45) is 17.6 Å². The fourth-order valence-electron chi connectivity index (χ4n) is 6.23. The number of hydrogen-bond donors (Lipinski definition) is 7. The van der Waals surface area contributed by atoms with E-state index in [4.69, 9.17) is 5.73 Å². The summed E-state index contributed by atoms with van der Waals surface area (Å²) < 4.78 is 0. The summed E-state index contributed by atoms with van der Waals surface area (Å²) in [6, 6.07) is 8.35. The van der Waals surface area contributed by atoms with Crippen molar-refractivity contribution in [1.82, 2.24) is 4.90 Å². The molecule has 0 aromatic heterocycles. The normalized spacial score (nSPS) is 28.5. The van der Waals surface area contributed by atoms with Gasteiger partial charge in [0.2, 0.25) is 5.78 Å². The zero-order valence-corrected chi connectivity index (χ0v) is 21.7. The molecule has 2 aromatic rings. The van der Waals surface area contributed by atoms with Gasteiger partial charge in [-0.2, -0.15) is 0 Å². The minimum Gasteiger partial charge on any atom is -0.510 e. The molecule has 5 rings (SSSR count). The number of Topliss-reactive ketones (excluding diaryl/α,β-unsaturated/α-hetero) is 2. The van der Waals surface area contributed by atoms with Crippen LogP contribution in [0, 0.1) is 16.7 Å². The number of phenolic OH excluding ortho intramolecular Hbond substituents is 1. The minimum absolute atomic E-state index is 0.140. The summed E-state index contributed by atoms with van der Waals surface area (Å²) in [6.45, 7) is 0. The predicted octanol–water partition coefficient (Wildman–Crippen LogP) is 0.889. The number of carbonyl (C=O) groups excluding carboxylic acids is 3. The lowest BCUT2D eigenvalue weighted by atomic mass is 9.56. The number of primary amides is 1. The molecule has 0 saturated heterocycles.